The van der Waals surface area contributed by atoms with E-state index < -0.39 is 5.97 Å². The number of carboxylic acid groups (broad SMARTS) is 1. The first kappa shape index (κ1) is 14.8. The molecule has 0 aliphatic rings. The summed E-state index contributed by atoms with van der Waals surface area (Å²) in [6.07, 6.45) is 0.0369. The Hall–Kier alpha value is -1.65. The highest BCUT2D eigenvalue weighted by Gasteiger charge is 2.06. The van der Waals surface area contributed by atoms with Crippen molar-refractivity contribution in [3.8, 4) is 5.75 Å². The third kappa shape index (κ3) is 3.92. The van der Waals surface area contributed by atoms with Gasteiger partial charge in [-0.1, -0.05) is 35.5 Å². The Kier molecular flexibility index (Phi) is 4.93. The molecule has 0 bridgehead atoms. The summed E-state index contributed by atoms with van der Waals surface area (Å²) in [6, 6.07) is 12.9. The van der Waals surface area contributed by atoms with Gasteiger partial charge in [-0.15, -0.1) is 0 Å². The summed E-state index contributed by atoms with van der Waals surface area (Å²) < 4.78 is 5.29. The Morgan fingerprint density at radius 3 is 2.55 bits per heavy atom. The van der Waals surface area contributed by atoms with Gasteiger partial charge in [0.05, 0.1) is 18.4 Å². The topological polar surface area (TPSA) is 46.5 Å². The summed E-state index contributed by atoms with van der Waals surface area (Å²) in [5.41, 5.74) is 0.782. The summed E-state index contributed by atoms with van der Waals surface area (Å²) in [5, 5.41) is 9.36. The number of methoxy groups -OCH3 is 1. The summed E-state index contributed by atoms with van der Waals surface area (Å²) in [4.78, 5) is 12.6. The molecule has 0 radical (unpaired) electrons. The fraction of sp³-hybridized carbons (Fsp3) is 0.133. The molecule has 2 aromatic carbocycles. The zero-order valence-corrected chi connectivity index (χ0v) is 12.4. The number of benzene rings is 2. The van der Waals surface area contributed by atoms with Crippen LogP contribution in [0.5, 0.6) is 5.75 Å². The van der Waals surface area contributed by atoms with Crippen LogP contribution < -0.4 is 4.74 Å². The molecule has 3 nitrogen and oxygen atoms in total. The molecule has 0 saturated carbocycles. The predicted molar refractivity (Wildman–Crippen MR) is 79.9 cm³/mol. The van der Waals surface area contributed by atoms with Crippen molar-refractivity contribution in [2.45, 2.75) is 16.2 Å². The number of carboxylic acids is 1. The molecule has 2 rings (SSSR count). The molecule has 0 fully saturated rings. The van der Waals surface area contributed by atoms with E-state index in [1.807, 2.05) is 36.4 Å². The third-order valence-electron chi connectivity index (χ3n) is 2.63. The van der Waals surface area contributed by atoms with Crippen molar-refractivity contribution in [2.75, 3.05) is 7.11 Å². The summed E-state index contributed by atoms with van der Waals surface area (Å²) in [5.74, 6) is -0.109. The lowest BCUT2D eigenvalue weighted by atomic mass is 10.2. The second-order valence-corrected chi connectivity index (χ2v) is 5.66. The van der Waals surface area contributed by atoms with Gasteiger partial charge in [0, 0.05) is 9.92 Å². The highest BCUT2D eigenvalue weighted by Crippen LogP contribution is 2.36. The average Bonchev–Trinajstić information content (AvgIpc) is 2.42. The maximum Gasteiger partial charge on any atom is 0.307 e. The van der Waals surface area contributed by atoms with Crippen LogP contribution in [0.4, 0.5) is 0 Å². The van der Waals surface area contributed by atoms with Crippen molar-refractivity contribution < 1.29 is 14.6 Å². The van der Waals surface area contributed by atoms with Crippen LogP contribution in [0.1, 0.15) is 5.56 Å². The molecule has 0 aliphatic heterocycles. The van der Waals surface area contributed by atoms with Gasteiger partial charge in [-0.05, 0) is 35.9 Å². The number of aliphatic carboxylic acids is 1. The van der Waals surface area contributed by atoms with Crippen molar-refractivity contribution in [1.82, 2.24) is 0 Å². The minimum Gasteiger partial charge on any atom is -0.496 e. The van der Waals surface area contributed by atoms with Crippen LogP contribution in [0.3, 0.4) is 0 Å². The van der Waals surface area contributed by atoms with Gasteiger partial charge in [0.25, 0.3) is 0 Å². The van der Waals surface area contributed by atoms with E-state index in [4.69, 9.17) is 21.4 Å². The predicted octanol–water partition coefficient (Wildman–Crippen LogP) is 4.13. The number of hydrogen-bond donors (Lipinski definition) is 1. The minimum atomic E-state index is -0.829. The van der Waals surface area contributed by atoms with Gasteiger partial charge < -0.3 is 9.84 Å². The number of halogens is 1. The first-order chi connectivity index (χ1) is 9.58. The van der Waals surface area contributed by atoms with Crippen LogP contribution in [-0.2, 0) is 11.2 Å². The van der Waals surface area contributed by atoms with Crippen molar-refractivity contribution in [3.63, 3.8) is 0 Å². The molecule has 5 heteroatoms. The fourth-order valence-corrected chi connectivity index (χ4v) is 2.77. The normalized spacial score (nSPS) is 10.3. The second kappa shape index (κ2) is 6.68. The van der Waals surface area contributed by atoms with E-state index in [0.29, 0.717) is 5.02 Å². The number of ether oxygens (including phenoxy) is 1. The maximum atomic E-state index is 10.6. The average molecular weight is 309 g/mol. The lowest BCUT2D eigenvalue weighted by Gasteiger charge is -2.08. The number of carbonyl (C=O) groups is 1. The van der Waals surface area contributed by atoms with E-state index >= 15 is 0 Å². The summed E-state index contributed by atoms with van der Waals surface area (Å²) in [6.45, 7) is 0. The molecule has 0 saturated heterocycles. The molecule has 2 aromatic rings. The van der Waals surface area contributed by atoms with Crippen molar-refractivity contribution in [2.24, 2.45) is 0 Å². The van der Waals surface area contributed by atoms with E-state index in [1.165, 1.54) is 0 Å². The molecular formula is C15H13ClO3S. The SMILES string of the molecule is COc1cc(Cl)ccc1Sc1ccc(CC(=O)O)cc1. The molecule has 20 heavy (non-hydrogen) atoms. The zero-order valence-electron chi connectivity index (χ0n) is 10.8. The second-order valence-electron chi connectivity index (χ2n) is 4.11. The first-order valence-corrected chi connectivity index (χ1v) is 7.10. The van der Waals surface area contributed by atoms with Crippen LogP contribution in [0.25, 0.3) is 0 Å². The van der Waals surface area contributed by atoms with Gasteiger partial charge in [0.1, 0.15) is 5.75 Å². The van der Waals surface area contributed by atoms with E-state index in [-0.39, 0.29) is 6.42 Å². The van der Waals surface area contributed by atoms with Crippen LogP contribution in [0.15, 0.2) is 52.3 Å². The van der Waals surface area contributed by atoms with Gasteiger partial charge in [0.15, 0.2) is 0 Å². The summed E-state index contributed by atoms with van der Waals surface area (Å²) in [7, 11) is 1.60. The van der Waals surface area contributed by atoms with Gasteiger partial charge in [-0.2, -0.15) is 0 Å². The Morgan fingerprint density at radius 2 is 1.95 bits per heavy atom. The maximum absolute atomic E-state index is 10.6. The van der Waals surface area contributed by atoms with Gasteiger partial charge >= 0.3 is 5.97 Å². The van der Waals surface area contributed by atoms with Crippen LogP contribution >= 0.6 is 23.4 Å². The molecule has 0 aromatic heterocycles. The Labute approximate surface area is 126 Å². The van der Waals surface area contributed by atoms with Crippen LogP contribution in [-0.4, -0.2) is 18.2 Å². The van der Waals surface area contributed by atoms with E-state index in [0.717, 1.165) is 21.1 Å². The van der Waals surface area contributed by atoms with Gasteiger partial charge in [0.2, 0.25) is 0 Å². The molecule has 0 aliphatic carbocycles. The smallest absolute Gasteiger partial charge is 0.307 e. The van der Waals surface area contributed by atoms with Gasteiger partial charge in [-0.25, -0.2) is 0 Å². The van der Waals surface area contributed by atoms with E-state index in [9.17, 15) is 4.79 Å². The third-order valence-corrected chi connectivity index (χ3v) is 3.93. The molecule has 0 heterocycles. The molecule has 1 N–H and O–H groups in total. The van der Waals surface area contributed by atoms with E-state index in [2.05, 4.69) is 0 Å². The summed E-state index contributed by atoms with van der Waals surface area (Å²) >= 11 is 7.47. The molecular weight excluding hydrogens is 296 g/mol. The molecule has 0 spiro atoms. The van der Waals surface area contributed by atoms with Crippen molar-refractivity contribution in [1.29, 1.82) is 0 Å². The highest BCUT2D eigenvalue weighted by atomic mass is 35.5. The van der Waals surface area contributed by atoms with Crippen molar-refractivity contribution >= 4 is 29.3 Å². The molecule has 0 unspecified atom stereocenters. The fourth-order valence-electron chi connectivity index (χ4n) is 1.70. The monoisotopic (exact) mass is 308 g/mol. The number of hydrogen-bond acceptors (Lipinski definition) is 3. The Balaban J connectivity index is 2.16. The minimum absolute atomic E-state index is 0.0369. The van der Waals surface area contributed by atoms with Crippen LogP contribution in [0.2, 0.25) is 5.02 Å². The van der Waals surface area contributed by atoms with E-state index in [1.54, 1.807) is 24.9 Å². The Morgan fingerprint density at radius 1 is 1.25 bits per heavy atom. The standard InChI is InChI=1S/C15H13ClO3S/c1-19-13-9-11(16)4-7-14(13)20-12-5-2-10(3-6-12)8-15(17)18/h2-7,9H,8H2,1H3,(H,17,18). The van der Waals surface area contributed by atoms with Crippen molar-refractivity contribution in [3.05, 3.63) is 53.1 Å². The van der Waals surface area contributed by atoms with Gasteiger partial charge in [-0.3, -0.25) is 4.79 Å². The van der Waals surface area contributed by atoms with Crippen LogP contribution in [0, 0.1) is 0 Å². The lowest BCUT2D eigenvalue weighted by Crippen LogP contribution is -1.99. The zero-order chi connectivity index (χ0) is 14.5. The molecule has 0 atom stereocenters. The Bertz CT molecular complexity index is 611. The quantitative estimate of drug-likeness (QED) is 0.902. The molecule has 104 valence electrons. The largest absolute Gasteiger partial charge is 0.496 e. The highest BCUT2D eigenvalue weighted by molar-refractivity contribution is 7.99. The molecule has 0 amide bonds. The first-order valence-electron chi connectivity index (χ1n) is 5.90. The lowest BCUT2D eigenvalue weighted by molar-refractivity contribution is -0.136. The number of rotatable bonds is 5.